The molecule has 2 aliphatic rings. The van der Waals surface area contributed by atoms with Crippen LogP contribution in [0.1, 0.15) is 63.1 Å². The van der Waals surface area contributed by atoms with Crippen LogP contribution < -0.4 is 20.3 Å². The van der Waals surface area contributed by atoms with E-state index >= 15 is 0 Å². The summed E-state index contributed by atoms with van der Waals surface area (Å²) in [6, 6.07) is 18.3. The van der Waals surface area contributed by atoms with Crippen LogP contribution in [0.25, 0.3) is 0 Å². The molecule has 0 radical (unpaired) electrons. The number of piperidine rings is 1. The Morgan fingerprint density at radius 3 is 2.35 bits per heavy atom. The molecule has 2 fully saturated rings. The predicted octanol–water partition coefficient (Wildman–Crippen LogP) is 4.57. The molecule has 1 aromatic heterocycles. The summed E-state index contributed by atoms with van der Waals surface area (Å²) in [5, 5.41) is 6.23. The number of pyridine rings is 1. The van der Waals surface area contributed by atoms with Crippen LogP contribution in [0.4, 0.5) is 5.82 Å². The van der Waals surface area contributed by atoms with Crippen molar-refractivity contribution >= 4 is 17.6 Å². The van der Waals surface area contributed by atoms with Crippen LogP contribution >= 0.6 is 0 Å². The van der Waals surface area contributed by atoms with Crippen molar-refractivity contribution in [3.05, 3.63) is 88.6 Å². The Morgan fingerprint density at radius 2 is 1.70 bits per heavy atom. The summed E-state index contributed by atoms with van der Waals surface area (Å²) in [7, 11) is 1.62. The lowest BCUT2D eigenvalue weighted by atomic mass is 9.96. The zero-order valence-electron chi connectivity index (χ0n) is 21.7. The lowest BCUT2D eigenvalue weighted by molar-refractivity contribution is 0.0923. The molecule has 192 valence electrons. The Kier molecular flexibility index (Phi) is 7.12. The van der Waals surface area contributed by atoms with Crippen molar-refractivity contribution in [3.8, 4) is 5.75 Å². The van der Waals surface area contributed by atoms with Crippen LogP contribution in [-0.2, 0) is 6.54 Å². The number of amides is 2. The molecule has 37 heavy (non-hydrogen) atoms. The number of methoxy groups -OCH3 is 1. The fraction of sp³-hybridized carbons (Fsp3) is 0.367. The molecule has 7 heteroatoms. The van der Waals surface area contributed by atoms with Gasteiger partial charge in [0.2, 0.25) is 0 Å². The number of aryl methyl sites for hydroxylation is 1. The van der Waals surface area contributed by atoms with Crippen molar-refractivity contribution in [2.75, 3.05) is 12.0 Å². The van der Waals surface area contributed by atoms with Gasteiger partial charge in [0, 0.05) is 42.0 Å². The van der Waals surface area contributed by atoms with Gasteiger partial charge in [-0.05, 0) is 69.4 Å². The highest BCUT2D eigenvalue weighted by molar-refractivity contribution is 5.96. The van der Waals surface area contributed by atoms with E-state index in [1.165, 1.54) is 5.56 Å². The molecule has 2 saturated heterocycles. The molecule has 5 rings (SSSR count). The first-order valence-corrected chi connectivity index (χ1v) is 13.0. The van der Waals surface area contributed by atoms with Gasteiger partial charge in [0.15, 0.2) is 0 Å². The van der Waals surface area contributed by atoms with Gasteiger partial charge in [0.25, 0.3) is 11.8 Å². The number of carbonyl (C=O) groups excluding carboxylic acids is 2. The first kappa shape index (κ1) is 24.8. The average molecular weight is 499 g/mol. The molecule has 2 aliphatic heterocycles. The van der Waals surface area contributed by atoms with E-state index in [0.29, 0.717) is 29.8 Å². The van der Waals surface area contributed by atoms with Crippen LogP contribution in [0.3, 0.4) is 0 Å². The van der Waals surface area contributed by atoms with Crippen molar-refractivity contribution in [2.45, 2.75) is 64.2 Å². The quantitative estimate of drug-likeness (QED) is 0.499. The molecule has 2 bridgehead atoms. The van der Waals surface area contributed by atoms with E-state index in [2.05, 4.69) is 20.5 Å². The summed E-state index contributed by atoms with van der Waals surface area (Å²) in [6.45, 7) is 4.45. The van der Waals surface area contributed by atoms with Gasteiger partial charge >= 0.3 is 0 Å². The third-order valence-electron chi connectivity index (χ3n) is 7.67. The van der Waals surface area contributed by atoms with Crippen LogP contribution in [0, 0.1) is 13.8 Å². The minimum Gasteiger partial charge on any atom is -0.496 e. The van der Waals surface area contributed by atoms with Crippen LogP contribution in [0.5, 0.6) is 5.75 Å². The van der Waals surface area contributed by atoms with Gasteiger partial charge in [-0.25, -0.2) is 4.98 Å². The molecule has 2 N–H and O–H groups in total. The molecule has 3 atom stereocenters. The molecule has 7 nitrogen and oxygen atoms in total. The molecular formula is C30H34N4O3. The number of hydrogen-bond donors (Lipinski definition) is 2. The molecular weight excluding hydrogens is 464 g/mol. The second kappa shape index (κ2) is 10.6. The maximum absolute atomic E-state index is 13.0. The summed E-state index contributed by atoms with van der Waals surface area (Å²) in [5.41, 5.74) is 4.33. The number of carbonyl (C=O) groups is 2. The number of hydrogen-bond acceptors (Lipinski definition) is 5. The highest BCUT2D eigenvalue weighted by atomic mass is 16.5. The van der Waals surface area contributed by atoms with Gasteiger partial charge in [-0.3, -0.25) is 9.59 Å². The fourth-order valence-electron chi connectivity index (χ4n) is 5.68. The third-order valence-corrected chi connectivity index (χ3v) is 7.67. The first-order chi connectivity index (χ1) is 17.9. The monoisotopic (exact) mass is 498 g/mol. The van der Waals surface area contributed by atoms with Crippen molar-refractivity contribution in [1.29, 1.82) is 0 Å². The van der Waals surface area contributed by atoms with Gasteiger partial charge in [0.05, 0.1) is 12.7 Å². The second-order valence-corrected chi connectivity index (χ2v) is 10.1. The van der Waals surface area contributed by atoms with E-state index < -0.39 is 0 Å². The normalized spacial score (nSPS) is 20.4. The van der Waals surface area contributed by atoms with E-state index in [1.807, 2.05) is 68.4 Å². The average Bonchev–Trinajstić information content (AvgIpc) is 3.18. The number of nitrogens with one attached hydrogen (secondary N) is 2. The number of anilines is 1. The number of rotatable bonds is 7. The Bertz CT molecular complexity index is 1260. The molecule has 3 heterocycles. The van der Waals surface area contributed by atoms with Gasteiger partial charge in [0.1, 0.15) is 11.6 Å². The summed E-state index contributed by atoms with van der Waals surface area (Å²) in [5.74, 6) is 1.45. The lowest BCUT2D eigenvalue weighted by Gasteiger charge is -2.40. The maximum Gasteiger partial charge on any atom is 0.253 e. The first-order valence-electron chi connectivity index (χ1n) is 13.0. The Labute approximate surface area is 218 Å². The molecule has 0 saturated carbocycles. The van der Waals surface area contributed by atoms with Crippen LogP contribution in [-0.4, -0.2) is 42.0 Å². The van der Waals surface area contributed by atoms with Gasteiger partial charge in [-0.15, -0.1) is 0 Å². The Balaban J connectivity index is 1.19. The molecule has 3 aromatic rings. The number of aromatic nitrogens is 1. The van der Waals surface area contributed by atoms with Crippen molar-refractivity contribution in [2.24, 2.45) is 0 Å². The standard InChI is InChI=1S/C30H34N4O3/c1-19-7-9-21(10-8-19)17-32-29(35)22-11-14-28(31-18-22)34-24-12-13-25(34)16-23(15-24)33-30(36)26-5-4-6-27(37-3)20(26)2/h4-11,14,18,23-25H,12-13,15-17H2,1-3H3,(H,32,35)(H,33,36)/t23-,24+,25-. The van der Waals surface area contributed by atoms with E-state index in [9.17, 15) is 9.59 Å². The van der Waals surface area contributed by atoms with E-state index in [0.717, 1.165) is 48.4 Å². The Morgan fingerprint density at radius 1 is 0.973 bits per heavy atom. The van der Waals surface area contributed by atoms with E-state index in [-0.39, 0.29) is 17.9 Å². The number of benzene rings is 2. The maximum atomic E-state index is 13.0. The third kappa shape index (κ3) is 5.31. The summed E-state index contributed by atoms with van der Waals surface area (Å²) < 4.78 is 5.38. The second-order valence-electron chi connectivity index (χ2n) is 10.1. The highest BCUT2D eigenvalue weighted by Crippen LogP contribution is 2.38. The topological polar surface area (TPSA) is 83.6 Å². The smallest absolute Gasteiger partial charge is 0.253 e. The van der Waals surface area contributed by atoms with Crippen molar-refractivity contribution in [3.63, 3.8) is 0 Å². The zero-order chi connectivity index (χ0) is 25.9. The predicted molar refractivity (Wildman–Crippen MR) is 144 cm³/mol. The molecule has 0 unspecified atom stereocenters. The van der Waals surface area contributed by atoms with Crippen molar-refractivity contribution < 1.29 is 14.3 Å². The summed E-state index contributed by atoms with van der Waals surface area (Å²) >= 11 is 0. The van der Waals surface area contributed by atoms with Gasteiger partial charge in [-0.1, -0.05) is 35.9 Å². The minimum atomic E-state index is -0.128. The highest BCUT2D eigenvalue weighted by Gasteiger charge is 2.42. The minimum absolute atomic E-state index is 0.0478. The number of fused-ring (bicyclic) bond motifs is 2. The molecule has 2 amide bonds. The van der Waals surface area contributed by atoms with E-state index in [4.69, 9.17) is 4.74 Å². The SMILES string of the molecule is COc1cccc(C(=O)N[C@H]2C[C@H]3CC[C@@H](C2)N3c2ccc(C(=O)NCc3ccc(C)cc3)cn2)c1C. The summed E-state index contributed by atoms with van der Waals surface area (Å²) in [4.78, 5) is 32.7. The van der Waals surface area contributed by atoms with Crippen LogP contribution in [0.15, 0.2) is 60.8 Å². The molecule has 0 aliphatic carbocycles. The van der Waals surface area contributed by atoms with Gasteiger partial charge in [-0.2, -0.15) is 0 Å². The fourth-order valence-corrected chi connectivity index (χ4v) is 5.68. The number of nitrogens with zero attached hydrogens (tertiary/aromatic N) is 2. The largest absolute Gasteiger partial charge is 0.496 e. The summed E-state index contributed by atoms with van der Waals surface area (Å²) in [6.07, 6.45) is 5.58. The van der Waals surface area contributed by atoms with E-state index in [1.54, 1.807) is 13.3 Å². The van der Waals surface area contributed by atoms with Gasteiger partial charge < -0.3 is 20.3 Å². The number of ether oxygens (including phenoxy) is 1. The zero-order valence-corrected chi connectivity index (χ0v) is 21.7. The Hall–Kier alpha value is -3.87. The lowest BCUT2D eigenvalue weighted by Crippen LogP contribution is -2.50. The molecule has 2 aromatic carbocycles. The van der Waals surface area contributed by atoms with Crippen molar-refractivity contribution in [1.82, 2.24) is 15.6 Å². The molecule has 0 spiro atoms. The van der Waals surface area contributed by atoms with Crippen LogP contribution in [0.2, 0.25) is 0 Å².